The summed E-state index contributed by atoms with van der Waals surface area (Å²) in [6.45, 7) is 0.521. The van der Waals surface area contributed by atoms with Crippen molar-refractivity contribution in [1.29, 1.82) is 0 Å². The van der Waals surface area contributed by atoms with E-state index in [1.54, 1.807) is 12.1 Å². The summed E-state index contributed by atoms with van der Waals surface area (Å²) in [5.41, 5.74) is 1.72. The number of rotatable bonds is 3. The van der Waals surface area contributed by atoms with Crippen LogP contribution in [-0.2, 0) is 6.54 Å². The maximum atomic E-state index is 6.16. The van der Waals surface area contributed by atoms with E-state index in [1.807, 2.05) is 30.3 Å². The van der Waals surface area contributed by atoms with Gasteiger partial charge in [0.05, 0.1) is 5.52 Å². The Kier molecular flexibility index (Phi) is 4.15. The second kappa shape index (κ2) is 6.06. The molecule has 2 aromatic carbocycles. The lowest BCUT2D eigenvalue weighted by atomic mass is 10.2. The largest absolute Gasteiger partial charge is 0.365 e. The van der Waals surface area contributed by atoms with Crippen LogP contribution in [0.5, 0.6) is 0 Å². The fraction of sp³-hybridized carbons (Fsp3) is 0.0667. The third-order valence-corrected chi connectivity index (χ3v) is 3.79. The minimum Gasteiger partial charge on any atom is -0.365 e. The number of nitrogens with one attached hydrogen (secondary N) is 1. The van der Waals surface area contributed by atoms with Gasteiger partial charge in [-0.2, -0.15) is 0 Å². The molecule has 0 aliphatic rings. The van der Waals surface area contributed by atoms with E-state index in [9.17, 15) is 0 Å². The van der Waals surface area contributed by atoms with Crippen molar-refractivity contribution in [2.75, 3.05) is 5.32 Å². The summed E-state index contributed by atoms with van der Waals surface area (Å²) in [6.07, 6.45) is 0. The van der Waals surface area contributed by atoms with Crippen LogP contribution in [0, 0.1) is 0 Å². The third kappa shape index (κ3) is 3.21. The summed E-state index contributed by atoms with van der Waals surface area (Å²) in [4.78, 5) is 8.43. The monoisotopic (exact) mass is 337 g/mol. The Bertz CT molecular complexity index is 805. The highest BCUT2D eigenvalue weighted by atomic mass is 35.5. The van der Waals surface area contributed by atoms with Crippen LogP contribution in [0.4, 0.5) is 5.82 Å². The second-order valence-electron chi connectivity index (χ2n) is 4.45. The van der Waals surface area contributed by atoms with Crippen LogP contribution in [0.2, 0.25) is 15.3 Å². The Morgan fingerprint density at radius 3 is 2.57 bits per heavy atom. The third-order valence-electron chi connectivity index (χ3n) is 3.04. The Balaban J connectivity index is 1.91. The fourth-order valence-electron chi connectivity index (χ4n) is 2.03. The molecule has 3 nitrogen and oxygen atoms in total. The molecule has 1 aromatic heterocycles. The number of anilines is 1. The number of nitrogens with zero attached hydrogens (tertiary/aromatic N) is 2. The first-order chi connectivity index (χ1) is 10.1. The number of halogens is 3. The van der Waals surface area contributed by atoms with Crippen molar-refractivity contribution in [3.8, 4) is 0 Å². The Morgan fingerprint density at radius 2 is 1.76 bits per heavy atom. The molecule has 0 radical (unpaired) electrons. The normalized spacial score (nSPS) is 10.8. The lowest BCUT2D eigenvalue weighted by Crippen LogP contribution is -2.03. The molecule has 1 N–H and O–H groups in total. The van der Waals surface area contributed by atoms with E-state index in [2.05, 4.69) is 15.3 Å². The zero-order valence-corrected chi connectivity index (χ0v) is 13.0. The molecule has 0 bridgehead atoms. The highest BCUT2D eigenvalue weighted by Crippen LogP contribution is 2.25. The summed E-state index contributed by atoms with van der Waals surface area (Å²) in [6, 6.07) is 13.1. The number of hydrogen-bond donors (Lipinski definition) is 1. The van der Waals surface area contributed by atoms with E-state index in [1.165, 1.54) is 0 Å². The Morgan fingerprint density at radius 1 is 0.952 bits per heavy atom. The molecule has 0 fully saturated rings. The maximum Gasteiger partial charge on any atom is 0.224 e. The van der Waals surface area contributed by atoms with E-state index in [-0.39, 0.29) is 5.28 Å². The quantitative estimate of drug-likeness (QED) is 0.667. The van der Waals surface area contributed by atoms with Gasteiger partial charge >= 0.3 is 0 Å². The van der Waals surface area contributed by atoms with Gasteiger partial charge in [0, 0.05) is 22.0 Å². The number of hydrogen-bond acceptors (Lipinski definition) is 3. The molecule has 3 aromatic rings. The first-order valence-electron chi connectivity index (χ1n) is 6.23. The van der Waals surface area contributed by atoms with Gasteiger partial charge < -0.3 is 5.32 Å². The predicted molar refractivity (Wildman–Crippen MR) is 88.3 cm³/mol. The van der Waals surface area contributed by atoms with Crippen molar-refractivity contribution in [2.45, 2.75) is 6.54 Å². The average Bonchev–Trinajstić information content (AvgIpc) is 2.46. The smallest absolute Gasteiger partial charge is 0.224 e. The Labute approximate surface area is 136 Å². The van der Waals surface area contributed by atoms with Crippen molar-refractivity contribution in [1.82, 2.24) is 9.97 Å². The molecule has 0 aliphatic carbocycles. The SMILES string of the molecule is Clc1ccc(CNc2nc(Cl)nc3ccccc23)c(Cl)c1. The molecule has 0 aliphatic heterocycles. The number of fused-ring (bicyclic) bond motifs is 1. The van der Waals surface area contributed by atoms with Crippen molar-refractivity contribution in [3.05, 3.63) is 63.4 Å². The van der Waals surface area contributed by atoms with Crippen LogP contribution in [0.15, 0.2) is 42.5 Å². The van der Waals surface area contributed by atoms with Gasteiger partial charge in [0.1, 0.15) is 5.82 Å². The van der Waals surface area contributed by atoms with Gasteiger partial charge in [-0.3, -0.25) is 0 Å². The van der Waals surface area contributed by atoms with E-state index < -0.39 is 0 Å². The lowest BCUT2D eigenvalue weighted by Gasteiger charge is -2.10. The zero-order valence-electron chi connectivity index (χ0n) is 10.8. The van der Waals surface area contributed by atoms with Crippen molar-refractivity contribution in [2.24, 2.45) is 0 Å². The van der Waals surface area contributed by atoms with Crippen LogP contribution in [0.3, 0.4) is 0 Å². The van der Waals surface area contributed by atoms with Gasteiger partial charge in [-0.1, -0.05) is 41.4 Å². The summed E-state index contributed by atoms with van der Waals surface area (Å²) in [5.74, 6) is 0.677. The van der Waals surface area contributed by atoms with Gasteiger partial charge in [-0.15, -0.1) is 0 Å². The van der Waals surface area contributed by atoms with Crippen LogP contribution < -0.4 is 5.32 Å². The molecule has 0 amide bonds. The van der Waals surface area contributed by atoms with Gasteiger partial charge in [0.25, 0.3) is 0 Å². The standard InChI is InChI=1S/C15H10Cl3N3/c16-10-6-5-9(12(17)7-10)8-19-14-11-3-1-2-4-13(11)20-15(18)21-14/h1-7H,8H2,(H,19,20,21). The van der Waals surface area contributed by atoms with Crippen molar-refractivity contribution in [3.63, 3.8) is 0 Å². The highest BCUT2D eigenvalue weighted by Gasteiger charge is 2.07. The summed E-state index contributed by atoms with van der Waals surface area (Å²) < 4.78 is 0. The molecule has 3 rings (SSSR count). The minimum absolute atomic E-state index is 0.207. The van der Waals surface area contributed by atoms with Gasteiger partial charge in [0.2, 0.25) is 5.28 Å². The topological polar surface area (TPSA) is 37.8 Å². The number of benzene rings is 2. The van der Waals surface area contributed by atoms with Crippen LogP contribution in [0.25, 0.3) is 10.9 Å². The first-order valence-corrected chi connectivity index (χ1v) is 7.37. The Hall–Kier alpha value is -1.55. The molecule has 21 heavy (non-hydrogen) atoms. The van der Waals surface area contributed by atoms with Crippen LogP contribution in [0.1, 0.15) is 5.56 Å². The molecular weight excluding hydrogens is 329 g/mol. The zero-order chi connectivity index (χ0) is 14.8. The van der Waals surface area contributed by atoms with Crippen molar-refractivity contribution < 1.29 is 0 Å². The lowest BCUT2D eigenvalue weighted by molar-refractivity contribution is 1.10. The fourth-order valence-corrected chi connectivity index (χ4v) is 2.68. The van der Waals surface area contributed by atoms with E-state index in [4.69, 9.17) is 34.8 Å². The molecule has 0 atom stereocenters. The van der Waals surface area contributed by atoms with E-state index >= 15 is 0 Å². The molecule has 0 saturated carbocycles. The summed E-state index contributed by atoms with van der Waals surface area (Å²) in [5, 5.41) is 5.58. The maximum absolute atomic E-state index is 6.16. The molecule has 0 saturated heterocycles. The number of aromatic nitrogens is 2. The molecular formula is C15H10Cl3N3. The molecule has 0 unspecified atom stereocenters. The summed E-state index contributed by atoms with van der Waals surface area (Å²) in [7, 11) is 0. The van der Waals surface area contributed by atoms with Gasteiger partial charge in [-0.05, 0) is 41.4 Å². The molecule has 0 spiro atoms. The average molecular weight is 339 g/mol. The van der Waals surface area contributed by atoms with Crippen LogP contribution >= 0.6 is 34.8 Å². The first kappa shape index (κ1) is 14.4. The van der Waals surface area contributed by atoms with Crippen molar-refractivity contribution >= 4 is 51.5 Å². The van der Waals surface area contributed by atoms with Gasteiger partial charge in [0.15, 0.2) is 0 Å². The molecule has 1 heterocycles. The van der Waals surface area contributed by atoms with Crippen LogP contribution in [-0.4, -0.2) is 9.97 Å². The van der Waals surface area contributed by atoms with Gasteiger partial charge in [-0.25, -0.2) is 9.97 Å². The predicted octanol–water partition coefficient (Wildman–Crippen LogP) is 5.20. The second-order valence-corrected chi connectivity index (χ2v) is 5.63. The number of para-hydroxylation sites is 1. The van der Waals surface area contributed by atoms with E-state index in [0.717, 1.165) is 16.5 Å². The van der Waals surface area contributed by atoms with E-state index in [0.29, 0.717) is 22.4 Å². The minimum atomic E-state index is 0.207. The molecule has 106 valence electrons. The summed E-state index contributed by atoms with van der Waals surface area (Å²) >= 11 is 18.0. The highest BCUT2D eigenvalue weighted by molar-refractivity contribution is 6.35. The molecule has 6 heteroatoms.